The molecule has 2 fully saturated rings. The SMILES string of the molecule is CCCCCCCCCCCCOC(=O)c1cccc(N2CC(=O)C(C3SCCS3)C2=O)c1. The van der Waals surface area contributed by atoms with Crippen molar-refractivity contribution in [3.05, 3.63) is 29.8 Å². The molecule has 5 nitrogen and oxygen atoms in total. The van der Waals surface area contributed by atoms with Gasteiger partial charge < -0.3 is 9.64 Å². The summed E-state index contributed by atoms with van der Waals surface area (Å²) < 4.78 is 5.47. The molecule has 0 spiro atoms. The van der Waals surface area contributed by atoms with Crippen LogP contribution in [-0.4, -0.2) is 46.9 Å². The number of carbonyl (C=O) groups is 3. The maximum atomic E-state index is 12.9. The largest absolute Gasteiger partial charge is 0.462 e. The first-order valence-corrected chi connectivity index (χ1v) is 14.6. The van der Waals surface area contributed by atoms with E-state index in [1.54, 1.807) is 47.8 Å². The highest BCUT2D eigenvalue weighted by molar-refractivity contribution is 8.20. The number of benzene rings is 1. The quantitative estimate of drug-likeness (QED) is 0.178. The lowest BCUT2D eigenvalue weighted by Crippen LogP contribution is -2.30. The smallest absolute Gasteiger partial charge is 0.338 e. The van der Waals surface area contributed by atoms with Crippen LogP contribution in [-0.2, 0) is 14.3 Å². The molecule has 2 aliphatic heterocycles. The van der Waals surface area contributed by atoms with E-state index in [9.17, 15) is 14.4 Å². The molecular formula is C26H37NO4S2. The van der Waals surface area contributed by atoms with E-state index in [0.717, 1.165) is 24.3 Å². The molecule has 0 N–H and O–H groups in total. The summed E-state index contributed by atoms with van der Waals surface area (Å²) in [6.07, 6.45) is 12.4. The molecule has 0 aliphatic carbocycles. The standard InChI is InChI=1S/C26H37NO4S2/c1-2-3-4-5-6-7-8-9-10-11-15-31-25(30)20-13-12-14-21(18-20)27-19-22(28)23(24(27)29)26-32-16-17-33-26/h12-14,18,23,26H,2-11,15-17,19H2,1H3. The van der Waals surface area contributed by atoms with Gasteiger partial charge in [-0.15, -0.1) is 23.5 Å². The number of ether oxygens (including phenoxy) is 1. The summed E-state index contributed by atoms with van der Waals surface area (Å²) in [6, 6.07) is 6.90. The van der Waals surface area contributed by atoms with E-state index in [4.69, 9.17) is 4.74 Å². The van der Waals surface area contributed by atoms with Gasteiger partial charge in [-0.05, 0) is 24.6 Å². The lowest BCUT2D eigenvalue weighted by molar-refractivity contribution is -0.126. The molecule has 182 valence electrons. The first-order chi connectivity index (χ1) is 16.1. The number of Topliss-reactive ketones (excluding diaryl/α,β-unsaturated/α-hetero) is 1. The summed E-state index contributed by atoms with van der Waals surface area (Å²) >= 11 is 3.39. The van der Waals surface area contributed by atoms with E-state index in [1.807, 2.05) is 0 Å². The van der Waals surface area contributed by atoms with Crippen LogP contribution in [0.1, 0.15) is 81.5 Å². The van der Waals surface area contributed by atoms with Gasteiger partial charge in [0.2, 0.25) is 5.91 Å². The maximum absolute atomic E-state index is 12.9. The summed E-state index contributed by atoms with van der Waals surface area (Å²) in [7, 11) is 0. The first-order valence-electron chi connectivity index (χ1n) is 12.5. The Hall–Kier alpha value is -1.47. The van der Waals surface area contributed by atoms with Crippen molar-refractivity contribution in [1.29, 1.82) is 0 Å². The molecule has 2 heterocycles. The molecule has 0 radical (unpaired) electrons. The van der Waals surface area contributed by atoms with Crippen molar-refractivity contribution in [2.75, 3.05) is 29.6 Å². The van der Waals surface area contributed by atoms with E-state index in [1.165, 1.54) is 56.3 Å². The van der Waals surface area contributed by atoms with Gasteiger partial charge in [0.1, 0.15) is 5.92 Å². The fourth-order valence-electron chi connectivity index (χ4n) is 4.33. The lowest BCUT2D eigenvalue weighted by atomic mass is 10.1. The van der Waals surface area contributed by atoms with Gasteiger partial charge in [-0.1, -0.05) is 70.8 Å². The van der Waals surface area contributed by atoms with Gasteiger partial charge >= 0.3 is 5.97 Å². The fraction of sp³-hybridized carbons (Fsp3) is 0.654. The number of unbranched alkanes of at least 4 members (excludes halogenated alkanes) is 9. The van der Waals surface area contributed by atoms with Gasteiger partial charge in [0.15, 0.2) is 5.78 Å². The van der Waals surface area contributed by atoms with E-state index in [-0.39, 0.29) is 28.8 Å². The van der Waals surface area contributed by atoms with Gasteiger partial charge in [0, 0.05) is 17.2 Å². The van der Waals surface area contributed by atoms with Gasteiger partial charge in [-0.3, -0.25) is 9.59 Å². The average molecular weight is 492 g/mol. The van der Waals surface area contributed by atoms with Gasteiger partial charge in [-0.2, -0.15) is 0 Å². The summed E-state index contributed by atoms with van der Waals surface area (Å²) in [5.41, 5.74) is 1.02. The Labute approximate surface area is 206 Å². The number of esters is 1. The number of hydrogen-bond donors (Lipinski definition) is 0. The summed E-state index contributed by atoms with van der Waals surface area (Å²) in [6.45, 7) is 2.74. The first kappa shape index (κ1) is 26.1. The van der Waals surface area contributed by atoms with E-state index >= 15 is 0 Å². The number of rotatable bonds is 14. The average Bonchev–Trinajstić information content (AvgIpc) is 3.44. The molecule has 1 amide bonds. The minimum atomic E-state index is -0.575. The third-order valence-electron chi connectivity index (χ3n) is 6.24. The molecule has 1 aromatic rings. The van der Waals surface area contributed by atoms with Crippen molar-refractivity contribution in [3.63, 3.8) is 0 Å². The highest BCUT2D eigenvalue weighted by Crippen LogP contribution is 2.41. The summed E-state index contributed by atoms with van der Waals surface area (Å²) in [4.78, 5) is 39.5. The van der Waals surface area contributed by atoms with Gasteiger partial charge in [0.05, 0.1) is 23.3 Å². The lowest BCUT2D eigenvalue weighted by Gasteiger charge is -2.18. The molecule has 7 heteroatoms. The van der Waals surface area contributed by atoms with Crippen LogP contribution in [0, 0.1) is 5.92 Å². The molecule has 2 saturated heterocycles. The minimum absolute atomic E-state index is 0.0178. The van der Waals surface area contributed by atoms with E-state index in [2.05, 4.69) is 6.92 Å². The molecule has 2 aliphatic rings. The molecule has 1 aromatic carbocycles. The van der Waals surface area contributed by atoms with Crippen LogP contribution in [0.15, 0.2) is 24.3 Å². The Bertz CT molecular complexity index is 794. The van der Waals surface area contributed by atoms with Crippen LogP contribution < -0.4 is 4.90 Å². The summed E-state index contributed by atoms with van der Waals surface area (Å²) in [5, 5.41) is 0. The molecule has 33 heavy (non-hydrogen) atoms. The third-order valence-corrected chi connectivity index (χ3v) is 9.39. The Morgan fingerprint density at radius 2 is 1.61 bits per heavy atom. The van der Waals surface area contributed by atoms with Crippen molar-refractivity contribution in [2.45, 2.75) is 75.7 Å². The normalized spacial score (nSPS) is 18.9. The van der Waals surface area contributed by atoms with Crippen LogP contribution in [0.4, 0.5) is 5.69 Å². The number of nitrogens with zero attached hydrogens (tertiary/aromatic N) is 1. The van der Waals surface area contributed by atoms with Crippen LogP contribution in [0.2, 0.25) is 0 Å². The zero-order valence-corrected chi connectivity index (χ0v) is 21.4. The highest BCUT2D eigenvalue weighted by atomic mass is 32.2. The van der Waals surface area contributed by atoms with Crippen molar-refractivity contribution >= 4 is 46.9 Å². The number of amides is 1. The van der Waals surface area contributed by atoms with Gasteiger partial charge in [0.25, 0.3) is 0 Å². The number of thioether (sulfide) groups is 2. The van der Waals surface area contributed by atoms with Crippen molar-refractivity contribution < 1.29 is 19.1 Å². The maximum Gasteiger partial charge on any atom is 0.338 e. The molecule has 0 aromatic heterocycles. The Morgan fingerprint density at radius 3 is 2.27 bits per heavy atom. The van der Waals surface area contributed by atoms with Crippen LogP contribution >= 0.6 is 23.5 Å². The number of ketones is 1. The number of anilines is 1. The minimum Gasteiger partial charge on any atom is -0.462 e. The monoisotopic (exact) mass is 491 g/mol. The summed E-state index contributed by atoms with van der Waals surface area (Å²) in [5.74, 6) is 0.835. The van der Waals surface area contributed by atoms with Gasteiger partial charge in [-0.25, -0.2) is 4.79 Å². The van der Waals surface area contributed by atoms with Crippen molar-refractivity contribution in [1.82, 2.24) is 0 Å². The van der Waals surface area contributed by atoms with E-state index in [0.29, 0.717) is 17.9 Å². The molecular weight excluding hydrogens is 454 g/mol. The van der Waals surface area contributed by atoms with E-state index < -0.39 is 5.92 Å². The number of carbonyl (C=O) groups excluding carboxylic acids is 3. The molecule has 1 unspecified atom stereocenters. The number of hydrogen-bond acceptors (Lipinski definition) is 6. The zero-order valence-electron chi connectivity index (χ0n) is 19.8. The predicted octanol–water partition coefficient (Wildman–Crippen LogP) is 6.10. The van der Waals surface area contributed by atoms with Crippen molar-refractivity contribution in [3.8, 4) is 0 Å². The Balaban J connectivity index is 1.38. The highest BCUT2D eigenvalue weighted by Gasteiger charge is 2.46. The molecule has 1 atom stereocenters. The van der Waals surface area contributed by atoms with Crippen LogP contribution in [0.5, 0.6) is 0 Å². The Morgan fingerprint density at radius 1 is 0.970 bits per heavy atom. The molecule has 3 rings (SSSR count). The zero-order chi connectivity index (χ0) is 23.5. The predicted molar refractivity (Wildman–Crippen MR) is 138 cm³/mol. The third kappa shape index (κ3) is 7.78. The van der Waals surface area contributed by atoms with Crippen LogP contribution in [0.3, 0.4) is 0 Å². The fourth-order valence-corrected chi connectivity index (χ4v) is 7.45. The topological polar surface area (TPSA) is 63.7 Å². The molecule has 0 bridgehead atoms. The second-order valence-corrected chi connectivity index (χ2v) is 11.6. The second kappa shape index (κ2) is 14.1. The molecule has 0 saturated carbocycles. The van der Waals surface area contributed by atoms with Crippen molar-refractivity contribution in [2.24, 2.45) is 5.92 Å². The van der Waals surface area contributed by atoms with Crippen LogP contribution in [0.25, 0.3) is 0 Å². The Kier molecular flexibility index (Phi) is 11.1. The second-order valence-electron chi connectivity index (χ2n) is 8.85.